The lowest BCUT2D eigenvalue weighted by molar-refractivity contribution is -0.920. The van der Waals surface area contributed by atoms with Crippen LogP contribution in [-0.4, -0.2) is 55.6 Å². The Hall–Kier alpha value is -1.44. The van der Waals surface area contributed by atoms with Crippen molar-refractivity contribution in [1.29, 1.82) is 0 Å². The number of carbonyl (C=O) groups excluding carboxylic acids is 1. The summed E-state index contributed by atoms with van der Waals surface area (Å²) in [5, 5.41) is 5.91. The Kier molecular flexibility index (Phi) is 10.4. The van der Waals surface area contributed by atoms with E-state index in [4.69, 9.17) is 0 Å². The average Bonchev–Trinajstić information content (AvgIpc) is 3.30. The number of thiazole rings is 1. The van der Waals surface area contributed by atoms with Crippen molar-refractivity contribution in [2.24, 2.45) is 11.8 Å². The number of amides is 1. The maximum Gasteiger partial charge on any atom is 0.270 e. The van der Waals surface area contributed by atoms with Crippen LogP contribution in [0.15, 0.2) is 35.7 Å². The van der Waals surface area contributed by atoms with Gasteiger partial charge in [0.1, 0.15) is 5.69 Å². The van der Waals surface area contributed by atoms with Gasteiger partial charge in [-0.15, -0.1) is 11.3 Å². The fraction of sp³-hybridized carbons (Fsp3) is 0.630. The summed E-state index contributed by atoms with van der Waals surface area (Å²) in [4.78, 5) is 19.4. The van der Waals surface area contributed by atoms with E-state index in [0.29, 0.717) is 11.6 Å². The number of nitrogens with zero attached hydrogens (tertiary/aromatic N) is 3. The predicted molar refractivity (Wildman–Crippen MR) is 138 cm³/mol. The number of anilines is 2. The number of quaternary nitrogens is 1. The van der Waals surface area contributed by atoms with Gasteiger partial charge in [-0.05, 0) is 37.8 Å². The van der Waals surface area contributed by atoms with Crippen molar-refractivity contribution in [1.82, 2.24) is 10.3 Å². The smallest absolute Gasteiger partial charge is 0.270 e. The highest BCUT2D eigenvalue weighted by Gasteiger charge is 2.33. The minimum absolute atomic E-state index is 0. The van der Waals surface area contributed by atoms with Crippen molar-refractivity contribution in [3.8, 4) is 0 Å². The molecule has 1 aliphatic carbocycles. The zero-order valence-electron chi connectivity index (χ0n) is 20.8. The molecule has 4 rings (SSSR count). The second kappa shape index (κ2) is 13.0. The summed E-state index contributed by atoms with van der Waals surface area (Å²) in [5.41, 5.74) is 1.60. The summed E-state index contributed by atoms with van der Waals surface area (Å²) < 4.78 is 1.19. The van der Waals surface area contributed by atoms with E-state index in [1.165, 1.54) is 93.2 Å². The van der Waals surface area contributed by atoms with Crippen LogP contribution in [-0.2, 0) is 0 Å². The molecule has 1 aliphatic heterocycles. The largest absolute Gasteiger partial charge is 1.00 e. The fourth-order valence-electron chi connectivity index (χ4n) is 5.86. The molecule has 1 saturated heterocycles. The highest BCUT2D eigenvalue weighted by molar-refractivity contribution is 7.14. The number of likely N-dealkylation sites (tertiary alicyclic amines) is 1. The Balaban J connectivity index is 0.00000324. The zero-order chi connectivity index (χ0) is 23.1. The minimum Gasteiger partial charge on any atom is -1.00 e. The van der Waals surface area contributed by atoms with Crippen LogP contribution in [0.2, 0.25) is 0 Å². The van der Waals surface area contributed by atoms with E-state index in [0.717, 1.165) is 23.3 Å². The molecular formula is C27H41BrN4OS. The quantitative estimate of drug-likeness (QED) is 0.541. The molecule has 7 heteroatoms. The maximum atomic E-state index is 12.8. The van der Waals surface area contributed by atoms with Gasteiger partial charge < -0.3 is 31.7 Å². The molecule has 1 amide bonds. The number of carbonyl (C=O) groups is 1. The number of aromatic nitrogens is 1. The molecule has 2 aromatic rings. The van der Waals surface area contributed by atoms with Crippen LogP contribution in [0.25, 0.3) is 0 Å². The minimum atomic E-state index is -0.0428. The first-order valence-corrected chi connectivity index (χ1v) is 13.8. The van der Waals surface area contributed by atoms with Crippen molar-refractivity contribution in [3.63, 3.8) is 0 Å². The number of halogens is 1. The molecule has 1 N–H and O–H groups in total. The first-order valence-electron chi connectivity index (χ1n) is 12.9. The molecular weight excluding hydrogens is 508 g/mol. The average molecular weight is 550 g/mol. The molecule has 1 aromatic carbocycles. The number of para-hydroxylation sites is 1. The molecule has 34 heavy (non-hydrogen) atoms. The lowest BCUT2D eigenvalue weighted by Gasteiger charge is -2.43. The van der Waals surface area contributed by atoms with E-state index >= 15 is 0 Å². The van der Waals surface area contributed by atoms with Gasteiger partial charge in [0.15, 0.2) is 5.13 Å². The lowest BCUT2D eigenvalue weighted by atomic mass is 9.88. The van der Waals surface area contributed by atoms with Crippen LogP contribution in [0.4, 0.5) is 10.8 Å². The molecule has 2 aliphatic rings. The summed E-state index contributed by atoms with van der Waals surface area (Å²) >= 11 is 1.52. The van der Waals surface area contributed by atoms with Crippen LogP contribution >= 0.6 is 11.3 Å². The van der Waals surface area contributed by atoms with E-state index in [-0.39, 0.29) is 22.9 Å². The second-order valence-electron chi connectivity index (χ2n) is 10.5. The Bertz CT molecular complexity index is 884. The summed E-state index contributed by atoms with van der Waals surface area (Å²) in [5.74, 6) is 1.41. The van der Waals surface area contributed by atoms with Crippen LogP contribution in [0.3, 0.4) is 0 Å². The monoisotopic (exact) mass is 548 g/mol. The van der Waals surface area contributed by atoms with Crippen LogP contribution in [0.5, 0.6) is 0 Å². The summed E-state index contributed by atoms with van der Waals surface area (Å²) in [6.07, 6.45) is 12.4. The molecule has 2 fully saturated rings. The third kappa shape index (κ3) is 7.53. The fourth-order valence-corrected chi connectivity index (χ4v) is 6.65. The lowest BCUT2D eigenvalue weighted by Crippen LogP contribution is -3.00. The molecule has 0 bridgehead atoms. The molecule has 2 heterocycles. The van der Waals surface area contributed by atoms with Gasteiger partial charge in [0.25, 0.3) is 5.91 Å². The Morgan fingerprint density at radius 1 is 1.06 bits per heavy atom. The van der Waals surface area contributed by atoms with Crippen LogP contribution < -0.4 is 27.2 Å². The molecule has 2 unspecified atom stereocenters. The summed E-state index contributed by atoms with van der Waals surface area (Å²) in [6.45, 7) is 4.57. The van der Waals surface area contributed by atoms with Gasteiger partial charge >= 0.3 is 0 Å². The molecule has 2 atom stereocenters. The maximum absolute atomic E-state index is 12.8. The van der Waals surface area contributed by atoms with Crippen LogP contribution in [0.1, 0.15) is 68.3 Å². The Morgan fingerprint density at radius 2 is 1.74 bits per heavy atom. The van der Waals surface area contributed by atoms with E-state index < -0.39 is 0 Å². The van der Waals surface area contributed by atoms with Crippen molar-refractivity contribution in [2.75, 3.05) is 45.2 Å². The van der Waals surface area contributed by atoms with E-state index in [2.05, 4.69) is 29.5 Å². The number of hydrogen-bond acceptors (Lipinski definition) is 4. The molecule has 5 nitrogen and oxygen atoms in total. The van der Waals surface area contributed by atoms with Gasteiger partial charge in [0.05, 0.1) is 26.7 Å². The van der Waals surface area contributed by atoms with Crippen molar-refractivity contribution in [2.45, 2.75) is 57.8 Å². The number of rotatable bonds is 7. The highest BCUT2D eigenvalue weighted by Crippen LogP contribution is 2.29. The molecule has 188 valence electrons. The SMILES string of the molecule is CN(c1ccccc1)c1nc(C(=O)NCC2CCC[N+](C)(CC3CCCCCCC3)C2)cs1.[Br-]. The van der Waals surface area contributed by atoms with Crippen molar-refractivity contribution < 1.29 is 26.3 Å². The normalized spacial score (nSPS) is 23.9. The molecule has 0 radical (unpaired) electrons. The van der Waals surface area contributed by atoms with E-state index in [1.54, 1.807) is 0 Å². The molecule has 1 saturated carbocycles. The topological polar surface area (TPSA) is 45.2 Å². The Labute approximate surface area is 220 Å². The first kappa shape index (κ1) is 27.2. The second-order valence-corrected chi connectivity index (χ2v) is 11.4. The van der Waals surface area contributed by atoms with Gasteiger partial charge in [-0.3, -0.25) is 4.79 Å². The number of piperidine rings is 1. The van der Waals surface area contributed by atoms with E-state index in [9.17, 15) is 4.79 Å². The van der Waals surface area contributed by atoms with Gasteiger partial charge in [-0.25, -0.2) is 4.98 Å². The van der Waals surface area contributed by atoms with Gasteiger partial charge in [-0.1, -0.05) is 50.3 Å². The standard InChI is InChI=1S/C27H40N4OS.BrH/c1-30(24-15-9-6-10-16-24)27-29-25(21-33-27)26(32)28-18-23-14-11-17-31(2,20-23)19-22-12-7-4-3-5-8-13-22;/h6,9-10,15-16,21-23H,3-5,7-8,11-14,17-20H2,1-2H3;1H. The van der Waals surface area contributed by atoms with Crippen LogP contribution in [0, 0.1) is 11.8 Å². The molecule has 1 aromatic heterocycles. The first-order chi connectivity index (χ1) is 16.0. The summed E-state index contributed by atoms with van der Waals surface area (Å²) in [6, 6.07) is 10.1. The molecule has 0 spiro atoms. The predicted octanol–water partition coefficient (Wildman–Crippen LogP) is 2.86. The number of benzene rings is 1. The van der Waals surface area contributed by atoms with Crippen molar-refractivity contribution >= 4 is 28.1 Å². The Morgan fingerprint density at radius 3 is 2.47 bits per heavy atom. The zero-order valence-corrected chi connectivity index (χ0v) is 23.2. The highest BCUT2D eigenvalue weighted by atomic mass is 79.9. The summed E-state index contributed by atoms with van der Waals surface area (Å²) in [7, 11) is 4.45. The van der Waals surface area contributed by atoms with Crippen molar-refractivity contribution in [3.05, 3.63) is 41.4 Å². The van der Waals surface area contributed by atoms with Gasteiger partial charge in [0, 0.05) is 36.5 Å². The van der Waals surface area contributed by atoms with Gasteiger partial charge in [0.2, 0.25) is 0 Å². The third-order valence-corrected chi connectivity index (χ3v) is 8.56. The number of nitrogens with one attached hydrogen (secondary N) is 1. The third-order valence-electron chi connectivity index (χ3n) is 7.64. The van der Waals surface area contributed by atoms with E-state index in [1.807, 2.05) is 35.5 Å². The van der Waals surface area contributed by atoms with Gasteiger partial charge in [-0.2, -0.15) is 0 Å². The number of hydrogen-bond donors (Lipinski definition) is 1.